The highest BCUT2D eigenvalue weighted by Gasteiger charge is 2.21. The molecule has 0 saturated carbocycles. The molecule has 2 aromatic rings. The minimum atomic E-state index is -0.342. The van der Waals surface area contributed by atoms with Crippen molar-refractivity contribution in [1.29, 1.82) is 0 Å². The van der Waals surface area contributed by atoms with Gasteiger partial charge in [-0.1, -0.05) is 55.2 Å². The molecule has 0 aromatic heterocycles. The minimum Gasteiger partial charge on any atom is -0.494 e. The van der Waals surface area contributed by atoms with Gasteiger partial charge in [0.2, 0.25) is 0 Å². The van der Waals surface area contributed by atoms with Gasteiger partial charge in [0, 0.05) is 5.69 Å². The summed E-state index contributed by atoms with van der Waals surface area (Å²) in [6.45, 7) is 6.12. The Balaban J connectivity index is 2.48. The Hall–Kier alpha value is -1.71. The molecule has 3 nitrogen and oxygen atoms in total. The number of halogens is 2. The quantitative estimate of drug-likeness (QED) is 0.768. The van der Waals surface area contributed by atoms with Crippen LogP contribution in [0.1, 0.15) is 41.3 Å². The van der Waals surface area contributed by atoms with Gasteiger partial charge in [0.1, 0.15) is 5.56 Å². The molecule has 0 fully saturated rings. The van der Waals surface area contributed by atoms with Crippen molar-refractivity contribution in [3.05, 3.63) is 57.1 Å². The van der Waals surface area contributed by atoms with Crippen molar-refractivity contribution in [2.24, 2.45) is 0 Å². The van der Waals surface area contributed by atoms with Gasteiger partial charge in [-0.2, -0.15) is 0 Å². The van der Waals surface area contributed by atoms with Crippen LogP contribution >= 0.6 is 23.2 Å². The summed E-state index contributed by atoms with van der Waals surface area (Å²) in [5.41, 5.74) is 3.09. The third-order valence-electron chi connectivity index (χ3n) is 3.66. The Morgan fingerprint density at radius 2 is 1.78 bits per heavy atom. The molecule has 0 heterocycles. The topological polar surface area (TPSA) is 38.3 Å². The molecule has 5 heteroatoms. The molecule has 0 bridgehead atoms. The van der Waals surface area contributed by atoms with Crippen LogP contribution in [0.5, 0.6) is 5.75 Å². The van der Waals surface area contributed by atoms with Gasteiger partial charge >= 0.3 is 0 Å². The van der Waals surface area contributed by atoms with Crippen molar-refractivity contribution in [3.8, 4) is 5.75 Å². The zero-order valence-corrected chi connectivity index (χ0v) is 15.0. The van der Waals surface area contributed by atoms with Crippen LogP contribution in [0.15, 0.2) is 30.3 Å². The van der Waals surface area contributed by atoms with Gasteiger partial charge in [-0.05, 0) is 36.1 Å². The van der Waals surface area contributed by atoms with E-state index in [4.69, 9.17) is 27.9 Å². The number of carbonyl (C=O) groups is 1. The number of carbonyl (C=O) groups excluding carboxylic acids is 1. The van der Waals surface area contributed by atoms with Crippen LogP contribution in [0.3, 0.4) is 0 Å². The Bertz CT molecular complexity index is 742. The van der Waals surface area contributed by atoms with Crippen molar-refractivity contribution in [2.45, 2.75) is 26.7 Å². The molecule has 1 amide bonds. The predicted octanol–water partition coefficient (Wildman–Crippen LogP) is 5.69. The van der Waals surface area contributed by atoms with Crippen molar-refractivity contribution < 1.29 is 9.53 Å². The van der Waals surface area contributed by atoms with E-state index in [2.05, 4.69) is 19.2 Å². The fraction of sp³-hybridized carbons (Fsp3) is 0.278. The molecule has 0 unspecified atom stereocenters. The molecule has 1 N–H and O–H groups in total. The first-order valence-electron chi connectivity index (χ1n) is 7.29. The second kappa shape index (κ2) is 7.24. The third-order valence-corrected chi connectivity index (χ3v) is 4.27. The van der Waals surface area contributed by atoms with Crippen molar-refractivity contribution in [2.75, 3.05) is 12.4 Å². The highest BCUT2D eigenvalue weighted by Crippen LogP contribution is 2.35. The van der Waals surface area contributed by atoms with Crippen molar-refractivity contribution >= 4 is 34.8 Å². The average Bonchev–Trinajstić information content (AvgIpc) is 2.50. The lowest BCUT2D eigenvalue weighted by Gasteiger charge is -2.18. The fourth-order valence-electron chi connectivity index (χ4n) is 2.46. The summed E-state index contributed by atoms with van der Waals surface area (Å²) < 4.78 is 5.25. The summed E-state index contributed by atoms with van der Waals surface area (Å²) in [4.78, 5) is 12.8. The molecule has 2 aromatic carbocycles. The highest BCUT2D eigenvalue weighted by molar-refractivity contribution is 6.37. The van der Waals surface area contributed by atoms with Gasteiger partial charge in [-0.3, -0.25) is 4.79 Å². The molecule has 23 heavy (non-hydrogen) atoms. The standard InChI is InChI=1S/C18H19Cl2NO2/c1-10(2)12-7-5-6-11(3)16(12)21-18(22)15-13(19)8-9-14(20)17(15)23-4/h5-10H,1-4H3,(H,21,22). The predicted molar refractivity (Wildman–Crippen MR) is 96.2 cm³/mol. The molecule has 2 rings (SSSR count). The number of hydrogen-bond donors (Lipinski definition) is 1. The molecular weight excluding hydrogens is 333 g/mol. The molecule has 0 radical (unpaired) electrons. The average molecular weight is 352 g/mol. The lowest BCUT2D eigenvalue weighted by atomic mass is 9.98. The molecule has 0 saturated heterocycles. The maximum absolute atomic E-state index is 12.8. The van der Waals surface area contributed by atoms with Crippen LogP contribution < -0.4 is 10.1 Å². The van der Waals surface area contributed by atoms with Gasteiger partial charge in [-0.15, -0.1) is 0 Å². The third kappa shape index (κ3) is 3.62. The number of benzene rings is 2. The number of aryl methyl sites for hydroxylation is 1. The summed E-state index contributed by atoms with van der Waals surface area (Å²) in [6.07, 6.45) is 0. The number of nitrogens with one attached hydrogen (secondary N) is 1. The van der Waals surface area contributed by atoms with Crippen LogP contribution in [0.2, 0.25) is 10.0 Å². The van der Waals surface area contributed by atoms with Gasteiger partial charge in [0.05, 0.1) is 17.2 Å². The number of ether oxygens (including phenoxy) is 1. The number of para-hydroxylation sites is 1. The second-order valence-electron chi connectivity index (χ2n) is 5.59. The van der Waals surface area contributed by atoms with E-state index in [1.807, 2.05) is 25.1 Å². The molecule has 0 aliphatic carbocycles. The number of methoxy groups -OCH3 is 1. The number of amides is 1. The number of anilines is 1. The molecule has 122 valence electrons. The first kappa shape index (κ1) is 17.6. The van der Waals surface area contributed by atoms with Crippen LogP contribution in [0.4, 0.5) is 5.69 Å². The Labute approximate surface area is 146 Å². The van der Waals surface area contributed by atoms with Gasteiger partial charge in [-0.25, -0.2) is 0 Å². The Morgan fingerprint density at radius 3 is 2.39 bits per heavy atom. The lowest BCUT2D eigenvalue weighted by Crippen LogP contribution is -2.16. The zero-order valence-electron chi connectivity index (χ0n) is 13.5. The van der Waals surface area contributed by atoms with Crippen LogP contribution in [-0.2, 0) is 0 Å². The molecule has 0 aliphatic rings. The van der Waals surface area contributed by atoms with E-state index in [0.29, 0.717) is 10.0 Å². The lowest BCUT2D eigenvalue weighted by molar-refractivity contribution is 0.102. The monoisotopic (exact) mass is 351 g/mol. The fourth-order valence-corrected chi connectivity index (χ4v) is 2.93. The first-order chi connectivity index (χ1) is 10.9. The van der Waals surface area contributed by atoms with E-state index < -0.39 is 0 Å². The second-order valence-corrected chi connectivity index (χ2v) is 6.40. The Morgan fingerprint density at radius 1 is 1.13 bits per heavy atom. The SMILES string of the molecule is COc1c(Cl)ccc(Cl)c1C(=O)Nc1c(C)cccc1C(C)C. The van der Waals surface area contributed by atoms with Crippen LogP contribution in [0.25, 0.3) is 0 Å². The van der Waals surface area contributed by atoms with Crippen LogP contribution in [0, 0.1) is 6.92 Å². The summed E-state index contributed by atoms with van der Waals surface area (Å²) in [5.74, 6) is 0.212. The minimum absolute atomic E-state index is 0.236. The highest BCUT2D eigenvalue weighted by atomic mass is 35.5. The molecule has 0 aliphatic heterocycles. The smallest absolute Gasteiger partial charge is 0.261 e. The van der Waals surface area contributed by atoms with Crippen LogP contribution in [-0.4, -0.2) is 13.0 Å². The van der Waals surface area contributed by atoms with Crippen molar-refractivity contribution in [3.63, 3.8) is 0 Å². The summed E-state index contributed by atoms with van der Waals surface area (Å²) >= 11 is 12.3. The van der Waals surface area contributed by atoms with Gasteiger partial charge in [0.25, 0.3) is 5.91 Å². The normalized spacial score (nSPS) is 10.7. The molecule has 0 atom stereocenters. The molecule has 0 spiro atoms. The molecular formula is C18H19Cl2NO2. The first-order valence-corrected chi connectivity index (χ1v) is 8.05. The maximum atomic E-state index is 12.8. The van der Waals surface area contributed by atoms with E-state index >= 15 is 0 Å². The summed E-state index contributed by atoms with van der Waals surface area (Å²) in [6, 6.07) is 9.13. The van der Waals surface area contributed by atoms with Gasteiger partial charge in [0.15, 0.2) is 5.75 Å². The van der Waals surface area contributed by atoms with E-state index in [0.717, 1.165) is 16.8 Å². The van der Waals surface area contributed by atoms with E-state index in [9.17, 15) is 4.79 Å². The largest absolute Gasteiger partial charge is 0.494 e. The number of rotatable bonds is 4. The number of hydrogen-bond acceptors (Lipinski definition) is 2. The summed E-state index contributed by atoms with van der Waals surface area (Å²) in [7, 11) is 1.46. The van der Waals surface area contributed by atoms with E-state index in [1.54, 1.807) is 12.1 Å². The van der Waals surface area contributed by atoms with E-state index in [-0.39, 0.29) is 23.1 Å². The van der Waals surface area contributed by atoms with E-state index in [1.165, 1.54) is 7.11 Å². The van der Waals surface area contributed by atoms with Crippen molar-refractivity contribution in [1.82, 2.24) is 0 Å². The van der Waals surface area contributed by atoms with Gasteiger partial charge < -0.3 is 10.1 Å². The summed E-state index contributed by atoms with van der Waals surface area (Å²) in [5, 5.41) is 3.60. The zero-order chi connectivity index (χ0) is 17.1. The maximum Gasteiger partial charge on any atom is 0.261 e. The Kier molecular flexibility index (Phi) is 5.55.